The van der Waals surface area contributed by atoms with Gasteiger partial charge in [-0.1, -0.05) is 38.3 Å². The van der Waals surface area contributed by atoms with Crippen LogP contribution in [0.1, 0.15) is 39.5 Å². The summed E-state index contributed by atoms with van der Waals surface area (Å²) in [5.74, 6) is 0.719. The highest BCUT2D eigenvalue weighted by atomic mass is 35.5. The topological polar surface area (TPSA) is 106 Å². The summed E-state index contributed by atoms with van der Waals surface area (Å²) in [5.41, 5.74) is 2.32. The number of ether oxygens (including phenoxy) is 2. The van der Waals surface area contributed by atoms with Crippen molar-refractivity contribution >= 4 is 39.9 Å². The van der Waals surface area contributed by atoms with E-state index < -0.39 is 11.2 Å². The lowest BCUT2D eigenvalue weighted by Gasteiger charge is -2.21. The van der Waals surface area contributed by atoms with E-state index >= 15 is 0 Å². The Hall–Kier alpha value is -3.17. The number of benzene rings is 2. The van der Waals surface area contributed by atoms with Crippen LogP contribution in [-0.4, -0.2) is 34.8 Å². The molecule has 1 amide bonds. The number of aromatic nitrogens is 2. The summed E-state index contributed by atoms with van der Waals surface area (Å²) in [5, 5.41) is 12.7. The van der Waals surface area contributed by atoms with Gasteiger partial charge >= 0.3 is 0 Å². The highest BCUT2D eigenvalue weighted by Gasteiger charge is 2.26. The Labute approximate surface area is 202 Å². The highest BCUT2D eigenvalue weighted by molar-refractivity contribution is 6.31. The number of nitrogens with zero attached hydrogens (tertiary/aromatic N) is 2. The average molecular weight is 491 g/mol. The second-order valence-corrected chi connectivity index (χ2v) is 8.89. The Kier molecular flexibility index (Phi) is 8.46. The van der Waals surface area contributed by atoms with Crippen LogP contribution in [0.2, 0.25) is 5.02 Å². The van der Waals surface area contributed by atoms with Crippen molar-refractivity contribution in [2.24, 2.45) is 5.41 Å². The van der Waals surface area contributed by atoms with Crippen LogP contribution in [-0.2, 0) is 4.79 Å². The third kappa shape index (κ3) is 6.24. The van der Waals surface area contributed by atoms with E-state index in [0.717, 1.165) is 19.3 Å². The number of nitrogens with one attached hydrogen (secondary N) is 2. The molecule has 2 aromatic carbocycles. The first-order chi connectivity index (χ1) is 16.2. The minimum atomic E-state index is -0.630. The minimum Gasteiger partial charge on any atom is -0.493 e. The molecule has 3 rings (SSSR count). The summed E-state index contributed by atoms with van der Waals surface area (Å²) >= 11 is 5.89. The van der Waals surface area contributed by atoms with E-state index in [9.17, 15) is 9.18 Å². The van der Waals surface area contributed by atoms with Crippen LogP contribution >= 0.6 is 11.6 Å². The van der Waals surface area contributed by atoms with Crippen LogP contribution in [0.5, 0.6) is 11.5 Å². The lowest BCUT2D eigenvalue weighted by atomic mass is 9.86. The maximum absolute atomic E-state index is 13.5. The predicted octanol–water partition coefficient (Wildman–Crippen LogP) is 5.65. The van der Waals surface area contributed by atoms with Crippen molar-refractivity contribution in [2.45, 2.75) is 39.5 Å². The first kappa shape index (κ1) is 25.5. The van der Waals surface area contributed by atoms with Crippen LogP contribution in [0, 0.1) is 11.2 Å². The molecule has 0 atom stereocenters. The van der Waals surface area contributed by atoms with Crippen molar-refractivity contribution < 1.29 is 23.9 Å². The van der Waals surface area contributed by atoms with Crippen LogP contribution in [0.3, 0.4) is 0 Å². The van der Waals surface area contributed by atoms with Gasteiger partial charge in [-0.2, -0.15) is 0 Å². The van der Waals surface area contributed by atoms with E-state index in [1.807, 2.05) is 0 Å². The molecule has 1 heterocycles. The van der Waals surface area contributed by atoms with Crippen molar-refractivity contribution in [3.63, 3.8) is 0 Å². The second-order valence-electron chi connectivity index (χ2n) is 8.48. The Morgan fingerprint density at radius 1 is 1.15 bits per heavy atom. The van der Waals surface area contributed by atoms with E-state index in [1.165, 1.54) is 18.5 Å². The predicted molar refractivity (Wildman–Crippen MR) is 128 cm³/mol. The SMILES string of the molecule is COc1cc2ncnc(Nc3ccc(F)c(Cl)c3)c2cc1OCCCCCC(C)(C)C(=O)NO. The largest absolute Gasteiger partial charge is 0.493 e. The van der Waals surface area contributed by atoms with Crippen molar-refractivity contribution in [3.05, 3.63) is 47.5 Å². The summed E-state index contributed by atoms with van der Waals surface area (Å²) in [4.78, 5) is 20.3. The fourth-order valence-electron chi connectivity index (χ4n) is 3.44. The third-order valence-electron chi connectivity index (χ3n) is 5.52. The van der Waals surface area contributed by atoms with Gasteiger partial charge in [0.15, 0.2) is 11.5 Å². The molecule has 10 heteroatoms. The van der Waals surface area contributed by atoms with Gasteiger partial charge in [0.05, 0.1) is 24.3 Å². The molecule has 3 aromatic rings. The molecule has 0 fully saturated rings. The van der Waals surface area contributed by atoms with E-state index in [0.29, 0.717) is 46.9 Å². The molecular weight excluding hydrogens is 463 g/mol. The average Bonchev–Trinajstić information content (AvgIpc) is 2.82. The molecular formula is C24H28ClFN4O4. The number of hydrogen-bond donors (Lipinski definition) is 3. The summed E-state index contributed by atoms with van der Waals surface area (Å²) in [7, 11) is 1.56. The number of unbranched alkanes of at least 4 members (excludes halogenated alkanes) is 2. The molecule has 0 bridgehead atoms. The Balaban J connectivity index is 1.68. The lowest BCUT2D eigenvalue weighted by Crippen LogP contribution is -2.34. The minimum absolute atomic E-state index is 0.00873. The Morgan fingerprint density at radius 2 is 1.94 bits per heavy atom. The molecule has 1 aromatic heterocycles. The number of carbonyl (C=O) groups is 1. The number of hydroxylamine groups is 1. The maximum atomic E-state index is 13.5. The number of hydrogen-bond acceptors (Lipinski definition) is 7. The van der Waals surface area contributed by atoms with Crippen molar-refractivity contribution in [1.29, 1.82) is 0 Å². The zero-order valence-corrected chi connectivity index (χ0v) is 20.1. The molecule has 0 aliphatic heterocycles. The summed E-state index contributed by atoms with van der Waals surface area (Å²) in [6.07, 6.45) is 4.54. The van der Waals surface area contributed by atoms with Gasteiger partial charge in [0, 0.05) is 22.6 Å². The molecule has 0 radical (unpaired) electrons. The van der Waals surface area contributed by atoms with Gasteiger partial charge in [0.1, 0.15) is 18.0 Å². The van der Waals surface area contributed by atoms with Gasteiger partial charge in [-0.25, -0.2) is 19.8 Å². The Morgan fingerprint density at radius 3 is 2.65 bits per heavy atom. The van der Waals surface area contributed by atoms with Crippen molar-refractivity contribution in [2.75, 3.05) is 19.0 Å². The van der Waals surface area contributed by atoms with Crippen molar-refractivity contribution in [1.82, 2.24) is 15.4 Å². The van der Waals surface area contributed by atoms with Crippen molar-refractivity contribution in [3.8, 4) is 11.5 Å². The number of rotatable bonds is 11. The van der Waals surface area contributed by atoms with Gasteiger partial charge in [-0.15, -0.1) is 0 Å². The summed E-state index contributed by atoms with van der Waals surface area (Å²) in [6, 6.07) is 7.91. The standard InChI is InChI=1S/C24H28ClFN4O4/c1-24(2,23(31)30-32)9-5-4-6-10-34-21-12-16-19(13-20(21)33-3)27-14-28-22(16)29-15-7-8-18(26)17(25)11-15/h7-8,11-14,32H,4-6,9-10H2,1-3H3,(H,30,31)(H,27,28,29). The second kappa shape index (κ2) is 11.3. The van der Waals surface area contributed by atoms with E-state index in [4.69, 9.17) is 26.3 Å². The number of fused-ring (bicyclic) bond motifs is 1. The molecule has 0 unspecified atom stereocenters. The monoisotopic (exact) mass is 490 g/mol. The maximum Gasteiger partial charge on any atom is 0.248 e. The van der Waals surface area contributed by atoms with Gasteiger partial charge < -0.3 is 14.8 Å². The van der Waals surface area contributed by atoms with Gasteiger partial charge in [-0.3, -0.25) is 10.0 Å². The van der Waals surface area contributed by atoms with Gasteiger partial charge in [0.2, 0.25) is 5.91 Å². The first-order valence-electron chi connectivity index (χ1n) is 10.9. The lowest BCUT2D eigenvalue weighted by molar-refractivity contribution is -0.138. The fourth-order valence-corrected chi connectivity index (χ4v) is 3.62. The van der Waals surface area contributed by atoms with Gasteiger partial charge in [-0.05, 0) is 37.1 Å². The zero-order chi connectivity index (χ0) is 24.7. The molecule has 0 spiro atoms. The quantitative estimate of drug-likeness (QED) is 0.181. The van der Waals surface area contributed by atoms with Crippen LogP contribution < -0.4 is 20.3 Å². The van der Waals surface area contributed by atoms with Crippen LogP contribution in [0.25, 0.3) is 10.9 Å². The molecule has 8 nitrogen and oxygen atoms in total. The molecule has 0 aliphatic carbocycles. The van der Waals surface area contributed by atoms with Crippen LogP contribution in [0.4, 0.5) is 15.9 Å². The normalized spacial score (nSPS) is 11.4. The number of anilines is 2. The third-order valence-corrected chi connectivity index (χ3v) is 5.81. The molecule has 0 aliphatic rings. The molecule has 34 heavy (non-hydrogen) atoms. The number of methoxy groups -OCH3 is 1. The van der Waals surface area contributed by atoms with Gasteiger partial charge in [0.25, 0.3) is 0 Å². The fraction of sp³-hybridized carbons (Fsp3) is 0.375. The van der Waals surface area contributed by atoms with Crippen LogP contribution in [0.15, 0.2) is 36.7 Å². The molecule has 3 N–H and O–H groups in total. The Bertz CT molecular complexity index is 1160. The zero-order valence-electron chi connectivity index (χ0n) is 19.3. The highest BCUT2D eigenvalue weighted by Crippen LogP contribution is 2.35. The number of amides is 1. The first-order valence-corrected chi connectivity index (χ1v) is 11.2. The summed E-state index contributed by atoms with van der Waals surface area (Å²) in [6.45, 7) is 4.05. The molecule has 182 valence electrons. The smallest absolute Gasteiger partial charge is 0.248 e. The molecule has 0 saturated carbocycles. The number of carbonyl (C=O) groups excluding carboxylic acids is 1. The number of halogens is 2. The summed E-state index contributed by atoms with van der Waals surface area (Å²) < 4.78 is 24.9. The van der Waals surface area contributed by atoms with E-state index in [2.05, 4.69) is 15.3 Å². The molecule has 0 saturated heterocycles. The van der Waals surface area contributed by atoms with E-state index in [1.54, 1.807) is 44.6 Å². The van der Waals surface area contributed by atoms with E-state index in [-0.39, 0.29) is 10.9 Å².